The van der Waals surface area contributed by atoms with Crippen LogP contribution in [-0.4, -0.2) is 24.5 Å². The molecule has 150 valence electrons. The number of non-ortho nitro benzene ring substituents is 1. The van der Waals surface area contributed by atoms with E-state index in [0.717, 1.165) is 23.5 Å². The van der Waals surface area contributed by atoms with Crippen LogP contribution in [0.15, 0.2) is 53.5 Å². The minimum atomic E-state index is -0.402. The first-order chi connectivity index (χ1) is 13.2. The van der Waals surface area contributed by atoms with Gasteiger partial charge in [0, 0.05) is 37.8 Å². The maximum atomic E-state index is 10.7. The Kier molecular flexibility index (Phi) is 8.49. The number of para-hydroxylation sites is 1. The summed E-state index contributed by atoms with van der Waals surface area (Å²) in [5.41, 5.74) is 2.11. The van der Waals surface area contributed by atoms with Crippen molar-refractivity contribution in [3.8, 4) is 5.75 Å². The Labute approximate surface area is 181 Å². The molecular formula is C20H25IN4O3. The molecule has 0 heterocycles. The topological polar surface area (TPSA) is 88.8 Å². The van der Waals surface area contributed by atoms with Crippen LogP contribution in [0.1, 0.15) is 24.0 Å². The summed E-state index contributed by atoms with van der Waals surface area (Å²) in [5, 5.41) is 17.2. The van der Waals surface area contributed by atoms with E-state index >= 15 is 0 Å². The van der Waals surface area contributed by atoms with Gasteiger partial charge in [0.15, 0.2) is 5.96 Å². The molecule has 1 saturated carbocycles. The number of nitro benzene ring substituents is 1. The number of ether oxygens (including phenoxy) is 1. The summed E-state index contributed by atoms with van der Waals surface area (Å²) < 4.78 is 5.93. The lowest BCUT2D eigenvalue weighted by molar-refractivity contribution is -0.384. The van der Waals surface area contributed by atoms with Crippen molar-refractivity contribution in [3.63, 3.8) is 0 Å². The average molecular weight is 496 g/mol. The Balaban J connectivity index is 0.00000280. The van der Waals surface area contributed by atoms with E-state index in [4.69, 9.17) is 4.74 Å². The Bertz CT molecular complexity index is 807. The van der Waals surface area contributed by atoms with Crippen LogP contribution in [0.25, 0.3) is 0 Å². The molecule has 0 amide bonds. The van der Waals surface area contributed by atoms with E-state index in [9.17, 15) is 10.1 Å². The highest BCUT2D eigenvalue weighted by Crippen LogP contribution is 2.30. The number of benzene rings is 2. The van der Waals surface area contributed by atoms with Crippen LogP contribution in [0.5, 0.6) is 5.75 Å². The number of hydrogen-bond donors (Lipinski definition) is 2. The molecule has 1 fully saturated rings. The van der Waals surface area contributed by atoms with E-state index in [1.807, 2.05) is 24.3 Å². The standard InChI is InChI=1S/C20H24N4O3.HI/c1-21-20(22-12-15-8-10-18(11-9-15)24(25)26)23-13-17-4-2-3-5-19(17)27-14-16-6-7-16;/h2-5,8-11,16H,6-7,12-14H2,1H3,(H2,21,22,23);1H. The minimum Gasteiger partial charge on any atom is -0.493 e. The van der Waals surface area contributed by atoms with Gasteiger partial charge in [-0.2, -0.15) is 0 Å². The first-order valence-corrected chi connectivity index (χ1v) is 9.04. The molecule has 0 saturated heterocycles. The molecule has 1 aliphatic rings. The largest absolute Gasteiger partial charge is 0.493 e. The maximum absolute atomic E-state index is 10.7. The number of nitrogens with one attached hydrogen (secondary N) is 2. The zero-order valence-corrected chi connectivity index (χ0v) is 18.1. The van der Waals surface area contributed by atoms with Crippen molar-refractivity contribution in [1.82, 2.24) is 10.6 Å². The van der Waals surface area contributed by atoms with Gasteiger partial charge in [-0.05, 0) is 30.4 Å². The van der Waals surface area contributed by atoms with Crippen molar-refractivity contribution in [1.29, 1.82) is 0 Å². The maximum Gasteiger partial charge on any atom is 0.269 e. The third-order valence-electron chi connectivity index (χ3n) is 4.42. The zero-order valence-electron chi connectivity index (χ0n) is 15.8. The fourth-order valence-electron chi connectivity index (χ4n) is 2.60. The highest BCUT2D eigenvalue weighted by Gasteiger charge is 2.22. The number of aliphatic imine (C=N–C) groups is 1. The van der Waals surface area contributed by atoms with Crippen LogP contribution >= 0.6 is 24.0 Å². The van der Waals surface area contributed by atoms with Gasteiger partial charge >= 0.3 is 0 Å². The molecule has 0 spiro atoms. The van der Waals surface area contributed by atoms with Crippen LogP contribution in [0.3, 0.4) is 0 Å². The van der Waals surface area contributed by atoms with Crippen molar-refractivity contribution in [2.75, 3.05) is 13.7 Å². The van der Waals surface area contributed by atoms with Crippen molar-refractivity contribution < 1.29 is 9.66 Å². The van der Waals surface area contributed by atoms with Crippen LogP contribution in [0.2, 0.25) is 0 Å². The van der Waals surface area contributed by atoms with E-state index in [0.29, 0.717) is 25.0 Å². The molecule has 0 bridgehead atoms. The minimum absolute atomic E-state index is 0. The monoisotopic (exact) mass is 496 g/mol. The van der Waals surface area contributed by atoms with E-state index < -0.39 is 4.92 Å². The SMILES string of the molecule is CN=C(NCc1ccc([N+](=O)[O-])cc1)NCc1ccccc1OCC1CC1.I. The number of rotatable bonds is 8. The molecule has 0 radical (unpaired) electrons. The lowest BCUT2D eigenvalue weighted by Crippen LogP contribution is -2.36. The Morgan fingerprint density at radius 2 is 1.82 bits per heavy atom. The molecule has 1 aliphatic carbocycles. The number of guanidine groups is 1. The molecule has 3 rings (SSSR count). The number of nitro groups is 1. The Morgan fingerprint density at radius 3 is 2.46 bits per heavy atom. The summed E-state index contributed by atoms with van der Waals surface area (Å²) >= 11 is 0. The zero-order chi connectivity index (χ0) is 19.1. The summed E-state index contributed by atoms with van der Waals surface area (Å²) in [7, 11) is 1.71. The van der Waals surface area contributed by atoms with Crippen LogP contribution in [-0.2, 0) is 13.1 Å². The second kappa shape index (κ2) is 10.8. The average Bonchev–Trinajstić information content (AvgIpc) is 3.52. The predicted molar refractivity (Wildman–Crippen MR) is 120 cm³/mol. The van der Waals surface area contributed by atoms with Crippen molar-refractivity contribution >= 4 is 35.6 Å². The second-order valence-electron chi connectivity index (χ2n) is 6.56. The Hall–Kier alpha value is -2.36. The molecule has 0 aliphatic heterocycles. The molecule has 2 aromatic rings. The van der Waals surface area contributed by atoms with Gasteiger partial charge in [-0.3, -0.25) is 15.1 Å². The second-order valence-corrected chi connectivity index (χ2v) is 6.56. The normalized spacial score (nSPS) is 13.4. The third kappa shape index (κ3) is 6.66. The summed E-state index contributed by atoms with van der Waals surface area (Å²) in [4.78, 5) is 14.5. The molecule has 28 heavy (non-hydrogen) atoms. The molecule has 2 aromatic carbocycles. The lowest BCUT2D eigenvalue weighted by atomic mass is 10.2. The van der Waals surface area contributed by atoms with Crippen molar-refractivity contribution in [3.05, 3.63) is 69.8 Å². The van der Waals surface area contributed by atoms with Gasteiger partial charge < -0.3 is 15.4 Å². The van der Waals surface area contributed by atoms with Gasteiger partial charge in [0.1, 0.15) is 5.75 Å². The summed E-state index contributed by atoms with van der Waals surface area (Å²) in [6, 6.07) is 14.5. The van der Waals surface area contributed by atoms with E-state index in [2.05, 4.69) is 15.6 Å². The molecule has 8 heteroatoms. The molecular weight excluding hydrogens is 471 g/mol. The number of nitrogens with zero attached hydrogens (tertiary/aromatic N) is 2. The van der Waals surface area contributed by atoms with Gasteiger partial charge in [0.25, 0.3) is 5.69 Å². The summed E-state index contributed by atoms with van der Waals surface area (Å²) in [6.45, 7) is 1.91. The van der Waals surface area contributed by atoms with Gasteiger partial charge in [-0.15, -0.1) is 24.0 Å². The predicted octanol–water partition coefficient (Wildman–Crippen LogP) is 3.87. The van der Waals surface area contributed by atoms with E-state index in [1.165, 1.54) is 25.0 Å². The van der Waals surface area contributed by atoms with Gasteiger partial charge in [-0.25, -0.2) is 0 Å². The number of hydrogen-bond acceptors (Lipinski definition) is 4. The van der Waals surface area contributed by atoms with E-state index in [1.54, 1.807) is 19.2 Å². The fourth-order valence-corrected chi connectivity index (χ4v) is 2.60. The van der Waals surface area contributed by atoms with Crippen LogP contribution in [0.4, 0.5) is 5.69 Å². The molecule has 0 atom stereocenters. The lowest BCUT2D eigenvalue weighted by Gasteiger charge is -2.15. The van der Waals surface area contributed by atoms with Crippen LogP contribution < -0.4 is 15.4 Å². The van der Waals surface area contributed by atoms with Crippen molar-refractivity contribution in [2.45, 2.75) is 25.9 Å². The highest BCUT2D eigenvalue weighted by atomic mass is 127. The number of halogens is 1. The van der Waals surface area contributed by atoms with E-state index in [-0.39, 0.29) is 29.7 Å². The van der Waals surface area contributed by atoms with Gasteiger partial charge in [0.05, 0.1) is 11.5 Å². The Morgan fingerprint density at radius 1 is 1.14 bits per heavy atom. The first kappa shape index (κ1) is 21.9. The molecule has 0 unspecified atom stereocenters. The fraction of sp³-hybridized carbons (Fsp3) is 0.350. The molecule has 2 N–H and O–H groups in total. The van der Waals surface area contributed by atoms with Crippen molar-refractivity contribution in [2.24, 2.45) is 10.9 Å². The third-order valence-corrected chi connectivity index (χ3v) is 4.42. The van der Waals surface area contributed by atoms with Gasteiger partial charge in [0.2, 0.25) is 0 Å². The van der Waals surface area contributed by atoms with Gasteiger partial charge in [-0.1, -0.05) is 30.3 Å². The summed E-state index contributed by atoms with van der Waals surface area (Å²) in [6.07, 6.45) is 2.53. The smallest absolute Gasteiger partial charge is 0.269 e. The molecule has 7 nitrogen and oxygen atoms in total. The highest BCUT2D eigenvalue weighted by molar-refractivity contribution is 14.0. The quantitative estimate of drug-likeness (QED) is 0.191. The molecule has 0 aromatic heterocycles. The summed E-state index contributed by atoms with van der Waals surface area (Å²) in [5.74, 6) is 2.27. The first-order valence-electron chi connectivity index (χ1n) is 9.04. The van der Waals surface area contributed by atoms with Crippen LogP contribution in [0, 0.1) is 16.0 Å².